The van der Waals surface area contributed by atoms with Crippen molar-refractivity contribution in [2.75, 3.05) is 6.54 Å². The Bertz CT molecular complexity index is 265. The molecule has 2 rings (SSSR count). The van der Waals surface area contributed by atoms with Crippen LogP contribution >= 0.6 is 0 Å². The summed E-state index contributed by atoms with van der Waals surface area (Å²) in [6.45, 7) is 2.67. The molecule has 2 heterocycles. The molecule has 0 aromatic rings. The molecule has 4 heteroatoms. The summed E-state index contributed by atoms with van der Waals surface area (Å²) in [6, 6.07) is 0.568. The Morgan fingerprint density at radius 1 is 1.41 bits per heavy atom. The number of carbonyl (C=O) groups is 1. The SMILES string of the molecule is CCC(CN)CC(=O)N1C2CCC1CC(O)C2. The molecular weight excluding hydrogens is 216 g/mol. The van der Waals surface area contributed by atoms with Crippen molar-refractivity contribution in [3.63, 3.8) is 0 Å². The summed E-state index contributed by atoms with van der Waals surface area (Å²) in [5, 5.41) is 9.71. The van der Waals surface area contributed by atoms with Crippen LogP contribution in [0.25, 0.3) is 0 Å². The zero-order valence-corrected chi connectivity index (χ0v) is 10.6. The number of aliphatic hydroxyl groups excluding tert-OH is 1. The lowest BCUT2D eigenvalue weighted by Crippen LogP contribution is -2.48. The van der Waals surface area contributed by atoms with Crippen LogP contribution in [-0.4, -0.2) is 40.6 Å². The van der Waals surface area contributed by atoms with E-state index in [0.29, 0.717) is 18.9 Å². The number of hydrogen-bond acceptors (Lipinski definition) is 3. The predicted octanol–water partition coefficient (Wildman–Crippen LogP) is 0.876. The molecule has 1 amide bonds. The van der Waals surface area contributed by atoms with Crippen LogP contribution in [0.15, 0.2) is 0 Å². The third-order valence-electron chi connectivity index (χ3n) is 4.37. The number of carbonyl (C=O) groups excluding carboxylic acids is 1. The van der Waals surface area contributed by atoms with Crippen molar-refractivity contribution in [3.8, 4) is 0 Å². The smallest absolute Gasteiger partial charge is 0.223 e. The Labute approximate surface area is 103 Å². The quantitative estimate of drug-likeness (QED) is 0.766. The Morgan fingerprint density at radius 3 is 2.47 bits per heavy atom. The van der Waals surface area contributed by atoms with E-state index >= 15 is 0 Å². The Morgan fingerprint density at radius 2 is 2.00 bits per heavy atom. The fourth-order valence-electron chi connectivity index (χ4n) is 3.30. The molecule has 17 heavy (non-hydrogen) atoms. The van der Waals surface area contributed by atoms with Crippen LogP contribution in [0.4, 0.5) is 0 Å². The van der Waals surface area contributed by atoms with Gasteiger partial charge in [-0.05, 0) is 38.1 Å². The van der Waals surface area contributed by atoms with Crippen molar-refractivity contribution >= 4 is 5.91 Å². The van der Waals surface area contributed by atoms with Crippen LogP contribution in [0.2, 0.25) is 0 Å². The fourth-order valence-corrected chi connectivity index (χ4v) is 3.30. The highest BCUT2D eigenvalue weighted by molar-refractivity contribution is 5.77. The summed E-state index contributed by atoms with van der Waals surface area (Å²) in [5.74, 6) is 0.565. The summed E-state index contributed by atoms with van der Waals surface area (Å²) in [7, 11) is 0. The number of nitrogens with zero attached hydrogens (tertiary/aromatic N) is 1. The molecule has 0 spiro atoms. The van der Waals surface area contributed by atoms with Gasteiger partial charge in [-0.2, -0.15) is 0 Å². The molecule has 2 saturated heterocycles. The van der Waals surface area contributed by atoms with E-state index in [-0.39, 0.29) is 24.1 Å². The predicted molar refractivity (Wildman–Crippen MR) is 66.3 cm³/mol. The highest BCUT2D eigenvalue weighted by atomic mass is 16.3. The second-order valence-corrected chi connectivity index (χ2v) is 5.53. The van der Waals surface area contributed by atoms with Crippen molar-refractivity contribution < 1.29 is 9.90 Å². The van der Waals surface area contributed by atoms with E-state index in [1.54, 1.807) is 0 Å². The molecular formula is C13H24N2O2. The van der Waals surface area contributed by atoms with Crippen molar-refractivity contribution in [3.05, 3.63) is 0 Å². The van der Waals surface area contributed by atoms with Crippen molar-refractivity contribution in [2.24, 2.45) is 11.7 Å². The standard InChI is InChI=1S/C13H24N2O2/c1-2-9(8-14)5-13(17)15-10-3-4-11(15)7-12(16)6-10/h9-12,16H,2-8,14H2,1H3. The Kier molecular flexibility index (Phi) is 4.05. The number of hydrogen-bond donors (Lipinski definition) is 2. The molecule has 2 fully saturated rings. The van der Waals surface area contributed by atoms with Gasteiger partial charge in [-0.25, -0.2) is 0 Å². The van der Waals surface area contributed by atoms with Gasteiger partial charge in [0.05, 0.1) is 6.10 Å². The number of rotatable bonds is 4. The summed E-state index contributed by atoms with van der Waals surface area (Å²) in [6.07, 6.45) is 5.00. The molecule has 2 bridgehead atoms. The Balaban J connectivity index is 1.96. The van der Waals surface area contributed by atoms with Crippen molar-refractivity contribution in [1.29, 1.82) is 0 Å². The first kappa shape index (κ1) is 12.8. The topological polar surface area (TPSA) is 66.6 Å². The maximum absolute atomic E-state index is 12.3. The van der Waals surface area contributed by atoms with E-state index in [4.69, 9.17) is 5.73 Å². The van der Waals surface area contributed by atoms with Crippen LogP contribution < -0.4 is 5.73 Å². The van der Waals surface area contributed by atoms with E-state index in [2.05, 4.69) is 6.92 Å². The second kappa shape index (κ2) is 5.36. The molecule has 0 saturated carbocycles. The molecule has 4 nitrogen and oxygen atoms in total. The molecule has 2 aliphatic heterocycles. The summed E-state index contributed by atoms with van der Waals surface area (Å²) in [5.41, 5.74) is 5.66. The number of aliphatic hydroxyl groups is 1. The van der Waals surface area contributed by atoms with Gasteiger partial charge < -0.3 is 15.7 Å². The van der Waals surface area contributed by atoms with Gasteiger partial charge >= 0.3 is 0 Å². The Hall–Kier alpha value is -0.610. The number of piperidine rings is 1. The van der Waals surface area contributed by atoms with Crippen LogP contribution in [-0.2, 0) is 4.79 Å². The minimum Gasteiger partial charge on any atom is -0.393 e. The van der Waals surface area contributed by atoms with Gasteiger partial charge in [0, 0.05) is 18.5 Å². The largest absolute Gasteiger partial charge is 0.393 e. The van der Waals surface area contributed by atoms with Gasteiger partial charge in [0.1, 0.15) is 0 Å². The first-order chi connectivity index (χ1) is 8.15. The lowest BCUT2D eigenvalue weighted by Gasteiger charge is -2.37. The van der Waals surface area contributed by atoms with Gasteiger partial charge in [0.15, 0.2) is 0 Å². The van der Waals surface area contributed by atoms with Crippen LogP contribution in [0.5, 0.6) is 0 Å². The average Bonchev–Trinajstić information content (AvgIpc) is 2.58. The molecule has 0 aromatic carbocycles. The maximum Gasteiger partial charge on any atom is 0.223 e. The molecule has 3 N–H and O–H groups in total. The zero-order valence-electron chi connectivity index (χ0n) is 10.6. The molecule has 0 aromatic heterocycles. The van der Waals surface area contributed by atoms with E-state index in [1.807, 2.05) is 4.90 Å². The van der Waals surface area contributed by atoms with E-state index in [9.17, 15) is 9.90 Å². The highest BCUT2D eigenvalue weighted by Crippen LogP contribution is 2.36. The lowest BCUT2D eigenvalue weighted by molar-refractivity contribution is -0.138. The third-order valence-corrected chi connectivity index (χ3v) is 4.37. The third kappa shape index (κ3) is 2.63. The van der Waals surface area contributed by atoms with E-state index in [1.165, 1.54) is 0 Å². The van der Waals surface area contributed by atoms with Crippen molar-refractivity contribution in [1.82, 2.24) is 4.90 Å². The minimum absolute atomic E-state index is 0.201. The van der Waals surface area contributed by atoms with Crippen LogP contribution in [0.3, 0.4) is 0 Å². The molecule has 0 radical (unpaired) electrons. The number of nitrogens with two attached hydrogens (primary N) is 1. The van der Waals surface area contributed by atoms with Gasteiger partial charge in [-0.1, -0.05) is 13.3 Å². The minimum atomic E-state index is -0.201. The molecule has 98 valence electrons. The lowest BCUT2D eigenvalue weighted by atomic mass is 9.96. The molecule has 3 atom stereocenters. The van der Waals surface area contributed by atoms with Gasteiger partial charge in [-0.15, -0.1) is 0 Å². The van der Waals surface area contributed by atoms with Crippen LogP contribution in [0, 0.1) is 5.92 Å². The van der Waals surface area contributed by atoms with E-state index < -0.39 is 0 Å². The molecule has 2 aliphatic rings. The van der Waals surface area contributed by atoms with Crippen LogP contribution in [0.1, 0.15) is 45.4 Å². The number of fused-ring (bicyclic) bond motifs is 2. The normalized spacial score (nSPS) is 33.8. The van der Waals surface area contributed by atoms with E-state index in [0.717, 1.165) is 32.1 Å². The molecule has 0 aliphatic carbocycles. The summed E-state index contributed by atoms with van der Waals surface area (Å²) >= 11 is 0. The van der Waals surface area contributed by atoms with Gasteiger partial charge in [0.2, 0.25) is 5.91 Å². The van der Waals surface area contributed by atoms with Crippen molar-refractivity contribution in [2.45, 2.75) is 63.6 Å². The first-order valence-corrected chi connectivity index (χ1v) is 6.85. The second-order valence-electron chi connectivity index (χ2n) is 5.53. The first-order valence-electron chi connectivity index (χ1n) is 6.85. The zero-order chi connectivity index (χ0) is 12.4. The summed E-state index contributed by atoms with van der Waals surface area (Å²) < 4.78 is 0. The van der Waals surface area contributed by atoms with Gasteiger partial charge in [-0.3, -0.25) is 4.79 Å². The van der Waals surface area contributed by atoms with Gasteiger partial charge in [0.25, 0.3) is 0 Å². The fraction of sp³-hybridized carbons (Fsp3) is 0.923. The summed E-state index contributed by atoms with van der Waals surface area (Å²) in [4.78, 5) is 14.3. The number of amides is 1. The highest BCUT2D eigenvalue weighted by Gasteiger charge is 2.42. The monoisotopic (exact) mass is 240 g/mol. The molecule has 3 unspecified atom stereocenters. The maximum atomic E-state index is 12.3. The average molecular weight is 240 g/mol.